The molecule has 0 unspecified atom stereocenters. The van der Waals surface area contributed by atoms with E-state index in [0.717, 1.165) is 0 Å². The van der Waals surface area contributed by atoms with Gasteiger partial charge in [-0.1, -0.05) is 12.2 Å². The first kappa shape index (κ1) is 8.79. The first-order valence-corrected chi connectivity index (χ1v) is 3.72. The van der Waals surface area contributed by atoms with E-state index in [-0.39, 0.29) is 6.61 Å². The van der Waals surface area contributed by atoms with E-state index in [2.05, 4.69) is 4.52 Å². The molecule has 0 rings (SSSR count). The number of hydrogen-bond donors (Lipinski definition) is 0. The molecule has 0 saturated heterocycles. The standard InChI is InChI=1S/C4H7F2O2P/c1-2-3-4-8-9(5,6)7/h2-3H,4H2,1H3. The lowest BCUT2D eigenvalue weighted by Crippen LogP contribution is -1.79. The van der Waals surface area contributed by atoms with Crippen LogP contribution in [0.5, 0.6) is 0 Å². The molecular weight excluding hydrogens is 149 g/mol. The van der Waals surface area contributed by atoms with Crippen molar-refractivity contribution in [1.29, 1.82) is 0 Å². The highest BCUT2D eigenvalue weighted by Gasteiger charge is 2.18. The molecule has 0 radical (unpaired) electrons. The molecule has 9 heavy (non-hydrogen) atoms. The Morgan fingerprint density at radius 2 is 2.22 bits per heavy atom. The third-order valence-corrected chi connectivity index (χ3v) is 1.01. The largest absolute Gasteiger partial charge is 0.552 e. The zero-order valence-corrected chi connectivity index (χ0v) is 5.78. The van der Waals surface area contributed by atoms with Crippen molar-refractivity contribution in [2.24, 2.45) is 0 Å². The van der Waals surface area contributed by atoms with E-state index in [0.29, 0.717) is 0 Å². The molecule has 0 amide bonds. The fourth-order valence-corrected chi connectivity index (χ4v) is 0.486. The highest BCUT2D eigenvalue weighted by atomic mass is 31.2. The van der Waals surface area contributed by atoms with Gasteiger partial charge in [0.15, 0.2) is 0 Å². The monoisotopic (exact) mass is 156 g/mol. The molecule has 0 spiro atoms. The van der Waals surface area contributed by atoms with Gasteiger partial charge in [0.25, 0.3) is 0 Å². The van der Waals surface area contributed by atoms with Crippen molar-refractivity contribution in [3.05, 3.63) is 12.2 Å². The molecule has 0 aliphatic heterocycles. The smallest absolute Gasteiger partial charge is 0.276 e. The SMILES string of the molecule is CC=CCOP(=O)(F)F. The molecule has 0 fully saturated rings. The minimum absolute atomic E-state index is 0.291. The highest BCUT2D eigenvalue weighted by Crippen LogP contribution is 2.49. The molecule has 0 atom stereocenters. The van der Waals surface area contributed by atoms with Crippen LogP contribution in [-0.2, 0) is 9.09 Å². The van der Waals surface area contributed by atoms with Crippen LogP contribution < -0.4 is 0 Å². The van der Waals surface area contributed by atoms with Gasteiger partial charge in [0, 0.05) is 0 Å². The third-order valence-electron chi connectivity index (χ3n) is 0.557. The van der Waals surface area contributed by atoms with E-state index in [1.807, 2.05) is 0 Å². The summed E-state index contributed by atoms with van der Waals surface area (Å²) in [6, 6.07) is 0. The minimum Gasteiger partial charge on any atom is -0.276 e. The maximum atomic E-state index is 11.3. The Morgan fingerprint density at radius 1 is 1.67 bits per heavy atom. The number of allylic oxidation sites excluding steroid dienone is 1. The fraction of sp³-hybridized carbons (Fsp3) is 0.500. The molecule has 0 aliphatic carbocycles. The van der Waals surface area contributed by atoms with Crippen LogP contribution in [0.2, 0.25) is 0 Å². The van der Waals surface area contributed by atoms with Crippen molar-refractivity contribution >= 4 is 7.99 Å². The average molecular weight is 156 g/mol. The molecule has 0 saturated carbocycles. The van der Waals surface area contributed by atoms with Gasteiger partial charge in [0.2, 0.25) is 0 Å². The summed E-state index contributed by atoms with van der Waals surface area (Å²) >= 11 is 0. The summed E-state index contributed by atoms with van der Waals surface area (Å²) < 4.78 is 35.8. The maximum absolute atomic E-state index is 11.3. The Balaban J connectivity index is 3.40. The van der Waals surface area contributed by atoms with Gasteiger partial charge in [-0.3, -0.25) is 4.52 Å². The molecule has 0 aliphatic rings. The molecule has 5 heteroatoms. The number of halogens is 2. The van der Waals surface area contributed by atoms with Crippen molar-refractivity contribution in [2.75, 3.05) is 6.61 Å². The van der Waals surface area contributed by atoms with Crippen LogP contribution in [-0.4, -0.2) is 6.61 Å². The van der Waals surface area contributed by atoms with Crippen LogP contribution in [0, 0.1) is 0 Å². The minimum atomic E-state index is -5.25. The van der Waals surface area contributed by atoms with Gasteiger partial charge < -0.3 is 0 Å². The number of rotatable bonds is 3. The van der Waals surface area contributed by atoms with E-state index in [1.165, 1.54) is 12.2 Å². The summed E-state index contributed by atoms with van der Waals surface area (Å²) in [5.74, 6) is 0. The van der Waals surface area contributed by atoms with Crippen LogP contribution in [0.3, 0.4) is 0 Å². The van der Waals surface area contributed by atoms with Gasteiger partial charge in [-0.15, -0.1) is 8.39 Å². The molecule has 0 bridgehead atoms. The predicted octanol–water partition coefficient (Wildman–Crippen LogP) is 2.63. The quantitative estimate of drug-likeness (QED) is 0.463. The van der Waals surface area contributed by atoms with Crippen molar-refractivity contribution in [3.63, 3.8) is 0 Å². The predicted molar refractivity (Wildman–Crippen MR) is 30.6 cm³/mol. The van der Waals surface area contributed by atoms with Crippen LogP contribution in [0.4, 0.5) is 8.39 Å². The van der Waals surface area contributed by atoms with Crippen LogP contribution >= 0.6 is 7.99 Å². The highest BCUT2D eigenvalue weighted by molar-refractivity contribution is 7.47. The molecule has 0 aromatic rings. The summed E-state index contributed by atoms with van der Waals surface area (Å²) in [6.45, 7) is 1.37. The van der Waals surface area contributed by atoms with E-state index < -0.39 is 7.99 Å². The summed E-state index contributed by atoms with van der Waals surface area (Å²) in [4.78, 5) is 0. The summed E-state index contributed by atoms with van der Waals surface area (Å²) in [6.07, 6.45) is 2.89. The molecular formula is C4H7F2O2P. The Hall–Kier alpha value is -0.210. The Kier molecular flexibility index (Phi) is 3.66. The summed E-state index contributed by atoms with van der Waals surface area (Å²) in [5, 5.41) is 0. The normalized spacial score (nSPS) is 12.8. The lowest BCUT2D eigenvalue weighted by molar-refractivity contribution is 0.284. The zero-order chi connectivity index (χ0) is 7.33. The van der Waals surface area contributed by atoms with Crippen LogP contribution in [0.25, 0.3) is 0 Å². The lowest BCUT2D eigenvalue weighted by Gasteiger charge is -1.94. The fourth-order valence-electron chi connectivity index (χ4n) is 0.226. The topological polar surface area (TPSA) is 26.3 Å². The third kappa shape index (κ3) is 7.79. The summed E-state index contributed by atoms with van der Waals surface area (Å²) in [5.41, 5.74) is 0. The average Bonchev–Trinajstić information content (AvgIpc) is 1.63. The van der Waals surface area contributed by atoms with Crippen LogP contribution in [0.1, 0.15) is 6.92 Å². The lowest BCUT2D eigenvalue weighted by atomic mass is 10.6. The van der Waals surface area contributed by atoms with Crippen LogP contribution in [0.15, 0.2) is 12.2 Å². The van der Waals surface area contributed by atoms with Crippen molar-refractivity contribution in [3.8, 4) is 0 Å². The maximum Gasteiger partial charge on any atom is 0.552 e. The van der Waals surface area contributed by atoms with Gasteiger partial charge in [-0.05, 0) is 6.92 Å². The van der Waals surface area contributed by atoms with Crippen molar-refractivity contribution in [1.82, 2.24) is 0 Å². The van der Waals surface area contributed by atoms with Gasteiger partial charge >= 0.3 is 7.99 Å². The van der Waals surface area contributed by atoms with E-state index in [4.69, 9.17) is 0 Å². The van der Waals surface area contributed by atoms with Gasteiger partial charge in [-0.2, -0.15) is 0 Å². The van der Waals surface area contributed by atoms with Gasteiger partial charge in [0.05, 0.1) is 6.61 Å². The Morgan fingerprint density at radius 3 is 2.56 bits per heavy atom. The second-order valence-electron chi connectivity index (χ2n) is 1.28. The summed E-state index contributed by atoms with van der Waals surface area (Å²) in [7, 11) is -5.25. The second kappa shape index (κ2) is 3.75. The Bertz CT molecular complexity index is 140. The first-order chi connectivity index (χ1) is 4.06. The molecule has 2 nitrogen and oxygen atoms in total. The van der Waals surface area contributed by atoms with E-state index >= 15 is 0 Å². The van der Waals surface area contributed by atoms with Crippen molar-refractivity contribution in [2.45, 2.75) is 6.92 Å². The molecule has 54 valence electrons. The van der Waals surface area contributed by atoms with Gasteiger partial charge in [-0.25, -0.2) is 4.57 Å². The second-order valence-corrected chi connectivity index (χ2v) is 2.37. The van der Waals surface area contributed by atoms with Crippen molar-refractivity contribution < 1.29 is 17.5 Å². The van der Waals surface area contributed by atoms with E-state index in [9.17, 15) is 13.0 Å². The van der Waals surface area contributed by atoms with E-state index in [1.54, 1.807) is 6.92 Å². The Labute approximate surface area is 52.2 Å². The van der Waals surface area contributed by atoms with Gasteiger partial charge in [0.1, 0.15) is 0 Å². The molecule has 0 aromatic carbocycles. The molecule has 0 N–H and O–H groups in total. The number of hydrogen-bond acceptors (Lipinski definition) is 2. The first-order valence-electron chi connectivity index (χ1n) is 2.31. The molecule has 0 aromatic heterocycles. The zero-order valence-electron chi connectivity index (χ0n) is 4.88. The molecule has 0 heterocycles.